The first-order valence-electron chi connectivity index (χ1n) is 6.17. The van der Waals surface area contributed by atoms with Crippen molar-refractivity contribution in [2.75, 3.05) is 33.9 Å². The summed E-state index contributed by atoms with van der Waals surface area (Å²) < 4.78 is 11.4. The van der Waals surface area contributed by atoms with Crippen LogP contribution in [0.1, 0.15) is 18.9 Å². The molecule has 1 unspecified atom stereocenters. The Morgan fingerprint density at radius 3 is 2.94 bits per heavy atom. The fraction of sp³-hybridized carbons (Fsp3) is 0.571. The Morgan fingerprint density at radius 2 is 2.29 bits per heavy atom. The Hall–Kier alpha value is -1.06. The molecule has 1 aliphatic rings. The summed E-state index contributed by atoms with van der Waals surface area (Å²) in [6, 6.07) is 8.22. The van der Waals surface area contributed by atoms with Crippen LogP contribution in [0.25, 0.3) is 0 Å². The minimum absolute atomic E-state index is 0.179. The zero-order chi connectivity index (χ0) is 12.3. The van der Waals surface area contributed by atoms with Crippen LogP contribution < -0.4 is 4.74 Å². The van der Waals surface area contributed by atoms with Gasteiger partial charge in [-0.2, -0.15) is 0 Å². The first kappa shape index (κ1) is 12.4. The van der Waals surface area contributed by atoms with E-state index in [1.807, 2.05) is 12.1 Å². The van der Waals surface area contributed by atoms with Gasteiger partial charge < -0.3 is 14.4 Å². The lowest BCUT2D eigenvalue weighted by Gasteiger charge is -2.41. The first-order chi connectivity index (χ1) is 8.20. The van der Waals surface area contributed by atoms with Gasteiger partial charge in [-0.25, -0.2) is 0 Å². The number of nitrogens with zero attached hydrogens (tertiary/aromatic N) is 1. The summed E-state index contributed by atoms with van der Waals surface area (Å²) in [4.78, 5) is 2.33. The Kier molecular flexibility index (Phi) is 3.69. The van der Waals surface area contributed by atoms with Crippen molar-refractivity contribution in [1.82, 2.24) is 4.90 Å². The highest BCUT2D eigenvalue weighted by atomic mass is 16.5. The largest absolute Gasteiger partial charge is 0.497 e. The highest BCUT2D eigenvalue weighted by Gasteiger charge is 2.35. The zero-order valence-electron chi connectivity index (χ0n) is 10.9. The molecule has 1 aromatic rings. The predicted octanol–water partition coefficient (Wildman–Crippen LogP) is 2.26. The van der Waals surface area contributed by atoms with Crippen LogP contribution in [-0.2, 0) is 10.3 Å². The molecule has 94 valence electrons. The summed E-state index contributed by atoms with van der Waals surface area (Å²) in [6.45, 7) is 4.92. The minimum atomic E-state index is -0.179. The molecule has 1 heterocycles. The van der Waals surface area contributed by atoms with Gasteiger partial charge in [0.1, 0.15) is 11.4 Å². The topological polar surface area (TPSA) is 21.7 Å². The smallest absolute Gasteiger partial charge is 0.119 e. The van der Waals surface area contributed by atoms with Crippen LogP contribution in [0.4, 0.5) is 0 Å². The average molecular weight is 235 g/mol. The van der Waals surface area contributed by atoms with Crippen LogP contribution in [-0.4, -0.2) is 38.8 Å². The predicted molar refractivity (Wildman–Crippen MR) is 68.4 cm³/mol. The lowest BCUT2D eigenvalue weighted by molar-refractivity contribution is -0.111. The van der Waals surface area contributed by atoms with Gasteiger partial charge >= 0.3 is 0 Å². The van der Waals surface area contributed by atoms with E-state index in [1.54, 1.807) is 7.11 Å². The summed E-state index contributed by atoms with van der Waals surface area (Å²) in [6.07, 6.45) is 0.977. The van der Waals surface area contributed by atoms with Crippen molar-refractivity contribution in [2.24, 2.45) is 0 Å². The molecule has 0 radical (unpaired) electrons. The number of ether oxygens (including phenoxy) is 2. The average Bonchev–Trinajstić information content (AvgIpc) is 2.38. The lowest BCUT2D eigenvalue weighted by atomic mass is 9.89. The molecule has 0 spiro atoms. The van der Waals surface area contributed by atoms with Crippen molar-refractivity contribution in [3.05, 3.63) is 29.8 Å². The van der Waals surface area contributed by atoms with E-state index in [-0.39, 0.29) is 5.60 Å². The van der Waals surface area contributed by atoms with E-state index >= 15 is 0 Å². The number of hydrogen-bond donors (Lipinski definition) is 0. The Labute approximate surface area is 103 Å². The maximum Gasteiger partial charge on any atom is 0.119 e. The molecule has 0 aromatic heterocycles. The van der Waals surface area contributed by atoms with Crippen LogP contribution in [0.15, 0.2) is 24.3 Å². The molecule has 1 aromatic carbocycles. The zero-order valence-corrected chi connectivity index (χ0v) is 10.9. The third-order valence-electron chi connectivity index (χ3n) is 3.54. The van der Waals surface area contributed by atoms with Crippen molar-refractivity contribution in [2.45, 2.75) is 18.9 Å². The number of likely N-dealkylation sites (N-methyl/N-ethyl adjacent to an activating group) is 1. The van der Waals surface area contributed by atoms with Gasteiger partial charge in [0, 0.05) is 13.1 Å². The Balaban J connectivity index is 2.32. The quantitative estimate of drug-likeness (QED) is 0.802. The lowest BCUT2D eigenvalue weighted by Crippen LogP contribution is -2.47. The SMILES string of the molecule is CCC1(c2cccc(OC)c2)CN(C)CCO1. The molecule has 2 rings (SSSR count). The molecule has 0 amide bonds. The number of hydrogen-bond acceptors (Lipinski definition) is 3. The minimum Gasteiger partial charge on any atom is -0.497 e. The van der Waals surface area contributed by atoms with Gasteiger partial charge in [-0.05, 0) is 31.2 Å². The van der Waals surface area contributed by atoms with E-state index in [2.05, 4.69) is 31.0 Å². The molecule has 0 bridgehead atoms. The highest BCUT2D eigenvalue weighted by Crippen LogP contribution is 2.34. The second-order valence-corrected chi connectivity index (χ2v) is 4.67. The van der Waals surface area contributed by atoms with Crippen LogP contribution in [0, 0.1) is 0 Å². The van der Waals surface area contributed by atoms with Gasteiger partial charge in [0.25, 0.3) is 0 Å². The highest BCUT2D eigenvalue weighted by molar-refractivity contribution is 5.33. The van der Waals surface area contributed by atoms with Gasteiger partial charge in [0.2, 0.25) is 0 Å². The molecule has 3 heteroatoms. The number of rotatable bonds is 3. The summed E-state index contributed by atoms with van der Waals surface area (Å²) in [5, 5.41) is 0. The van der Waals surface area contributed by atoms with E-state index in [9.17, 15) is 0 Å². The molecule has 3 nitrogen and oxygen atoms in total. The molecule has 0 N–H and O–H groups in total. The molecule has 0 aliphatic carbocycles. The first-order valence-corrected chi connectivity index (χ1v) is 6.17. The molecule has 1 fully saturated rings. The molecule has 0 saturated carbocycles. The Morgan fingerprint density at radius 1 is 1.47 bits per heavy atom. The third-order valence-corrected chi connectivity index (χ3v) is 3.54. The van der Waals surface area contributed by atoms with Gasteiger partial charge in [0.05, 0.1) is 13.7 Å². The van der Waals surface area contributed by atoms with Gasteiger partial charge in [-0.15, -0.1) is 0 Å². The Bertz CT molecular complexity index is 380. The number of morpholine rings is 1. The summed E-state index contributed by atoms with van der Waals surface area (Å²) in [5.74, 6) is 0.896. The standard InChI is InChI=1S/C14H21NO2/c1-4-14(11-15(2)8-9-17-14)12-6-5-7-13(10-12)16-3/h5-7,10H,4,8-9,11H2,1-3H3. The van der Waals surface area contributed by atoms with Crippen LogP contribution >= 0.6 is 0 Å². The number of benzene rings is 1. The van der Waals surface area contributed by atoms with Crippen LogP contribution in [0.5, 0.6) is 5.75 Å². The normalized spacial score (nSPS) is 25.8. The van der Waals surface area contributed by atoms with E-state index in [0.717, 1.165) is 31.9 Å². The fourth-order valence-corrected chi connectivity index (χ4v) is 2.46. The summed E-state index contributed by atoms with van der Waals surface area (Å²) in [5.41, 5.74) is 1.03. The van der Waals surface area contributed by atoms with Crippen molar-refractivity contribution in [3.63, 3.8) is 0 Å². The fourth-order valence-electron chi connectivity index (χ4n) is 2.46. The summed E-state index contributed by atoms with van der Waals surface area (Å²) >= 11 is 0. The van der Waals surface area contributed by atoms with Crippen LogP contribution in [0.2, 0.25) is 0 Å². The monoisotopic (exact) mass is 235 g/mol. The van der Waals surface area contributed by atoms with Gasteiger partial charge in [-0.3, -0.25) is 0 Å². The summed E-state index contributed by atoms with van der Waals surface area (Å²) in [7, 11) is 3.85. The molecule has 1 atom stereocenters. The second-order valence-electron chi connectivity index (χ2n) is 4.67. The van der Waals surface area contributed by atoms with Crippen molar-refractivity contribution in [3.8, 4) is 5.75 Å². The van der Waals surface area contributed by atoms with E-state index in [1.165, 1.54) is 5.56 Å². The van der Waals surface area contributed by atoms with Gasteiger partial charge in [0.15, 0.2) is 0 Å². The second kappa shape index (κ2) is 5.07. The maximum absolute atomic E-state index is 6.07. The van der Waals surface area contributed by atoms with Crippen molar-refractivity contribution in [1.29, 1.82) is 0 Å². The molecule has 17 heavy (non-hydrogen) atoms. The van der Waals surface area contributed by atoms with Crippen LogP contribution in [0.3, 0.4) is 0 Å². The van der Waals surface area contributed by atoms with Gasteiger partial charge in [-0.1, -0.05) is 19.1 Å². The number of methoxy groups -OCH3 is 1. The third kappa shape index (κ3) is 2.45. The van der Waals surface area contributed by atoms with E-state index < -0.39 is 0 Å². The van der Waals surface area contributed by atoms with Crippen molar-refractivity contribution < 1.29 is 9.47 Å². The van der Waals surface area contributed by atoms with E-state index in [4.69, 9.17) is 9.47 Å². The molecule has 1 saturated heterocycles. The maximum atomic E-state index is 6.07. The molecule has 1 aliphatic heterocycles. The molecular formula is C14H21NO2. The molecular weight excluding hydrogens is 214 g/mol. The van der Waals surface area contributed by atoms with Crippen molar-refractivity contribution >= 4 is 0 Å². The van der Waals surface area contributed by atoms with E-state index in [0.29, 0.717) is 0 Å².